The lowest BCUT2D eigenvalue weighted by atomic mass is 10.1. The summed E-state index contributed by atoms with van der Waals surface area (Å²) < 4.78 is 18.2. The molecule has 21 heavy (non-hydrogen) atoms. The van der Waals surface area contributed by atoms with E-state index in [1.165, 1.54) is 0 Å². The molecule has 0 amide bonds. The smallest absolute Gasteiger partial charge is 0.203 e. The van der Waals surface area contributed by atoms with Gasteiger partial charge in [0.15, 0.2) is 17.3 Å². The van der Waals surface area contributed by atoms with Gasteiger partial charge in [-0.1, -0.05) is 0 Å². The Kier molecular flexibility index (Phi) is 3.92. The number of aromatic nitrogens is 3. The molecule has 0 spiro atoms. The lowest BCUT2D eigenvalue weighted by molar-refractivity contribution is 0.165. The molecule has 7 heteroatoms. The van der Waals surface area contributed by atoms with E-state index in [1.54, 1.807) is 18.1 Å². The highest BCUT2D eigenvalue weighted by Gasteiger charge is 2.18. The molecule has 0 bridgehead atoms. The van der Waals surface area contributed by atoms with Crippen molar-refractivity contribution in [1.29, 1.82) is 0 Å². The van der Waals surface area contributed by atoms with Gasteiger partial charge in [-0.3, -0.25) is 4.68 Å². The van der Waals surface area contributed by atoms with Crippen molar-refractivity contribution in [3.8, 4) is 17.2 Å². The number of ether oxygens (including phenoxy) is 3. The molecule has 112 valence electrons. The van der Waals surface area contributed by atoms with E-state index in [2.05, 4.69) is 15.4 Å². The molecule has 0 saturated carbocycles. The Morgan fingerprint density at radius 2 is 2.14 bits per heavy atom. The van der Waals surface area contributed by atoms with E-state index in [9.17, 15) is 0 Å². The van der Waals surface area contributed by atoms with Crippen molar-refractivity contribution in [2.75, 3.05) is 20.3 Å². The lowest BCUT2D eigenvalue weighted by Crippen LogP contribution is -2.18. The molecule has 0 fully saturated rings. The number of aryl methyl sites for hydroxylation is 1. The van der Waals surface area contributed by atoms with Crippen molar-refractivity contribution < 1.29 is 14.2 Å². The van der Waals surface area contributed by atoms with Crippen LogP contribution >= 0.6 is 0 Å². The zero-order valence-corrected chi connectivity index (χ0v) is 12.1. The zero-order chi connectivity index (χ0) is 14.7. The van der Waals surface area contributed by atoms with Crippen LogP contribution in [0.15, 0.2) is 18.5 Å². The summed E-state index contributed by atoms with van der Waals surface area (Å²) in [6.07, 6.45) is 1.68. The van der Waals surface area contributed by atoms with Gasteiger partial charge in [-0.15, -0.1) is 0 Å². The standard InChI is InChI=1S/C14H18N4O3/c1-18-9-16-13(17-18)8-15-7-10-5-11(19-2)14-12(6-10)20-3-4-21-14/h5-6,9,15H,3-4,7-8H2,1-2H3. The predicted molar refractivity (Wildman–Crippen MR) is 75.5 cm³/mol. The minimum absolute atomic E-state index is 0.548. The zero-order valence-electron chi connectivity index (χ0n) is 12.1. The first-order valence-corrected chi connectivity index (χ1v) is 6.78. The van der Waals surface area contributed by atoms with E-state index in [4.69, 9.17) is 14.2 Å². The number of hydrogen-bond acceptors (Lipinski definition) is 6. The van der Waals surface area contributed by atoms with Gasteiger partial charge in [0.2, 0.25) is 5.75 Å². The van der Waals surface area contributed by atoms with Gasteiger partial charge >= 0.3 is 0 Å². The highest BCUT2D eigenvalue weighted by molar-refractivity contribution is 5.54. The van der Waals surface area contributed by atoms with E-state index >= 15 is 0 Å². The number of nitrogens with zero attached hydrogens (tertiary/aromatic N) is 3. The van der Waals surface area contributed by atoms with Crippen molar-refractivity contribution >= 4 is 0 Å². The topological polar surface area (TPSA) is 70.4 Å². The maximum atomic E-state index is 5.61. The monoisotopic (exact) mass is 290 g/mol. The molecule has 1 aliphatic heterocycles. The van der Waals surface area contributed by atoms with Gasteiger partial charge < -0.3 is 19.5 Å². The molecule has 0 radical (unpaired) electrons. The van der Waals surface area contributed by atoms with Crippen LogP contribution < -0.4 is 19.5 Å². The van der Waals surface area contributed by atoms with Gasteiger partial charge in [0.25, 0.3) is 0 Å². The van der Waals surface area contributed by atoms with E-state index in [-0.39, 0.29) is 0 Å². The van der Waals surface area contributed by atoms with Crippen molar-refractivity contribution in [3.63, 3.8) is 0 Å². The second-order valence-corrected chi connectivity index (χ2v) is 4.76. The highest BCUT2D eigenvalue weighted by atomic mass is 16.6. The van der Waals surface area contributed by atoms with E-state index in [0.717, 1.165) is 17.1 Å². The number of fused-ring (bicyclic) bond motifs is 1. The van der Waals surface area contributed by atoms with Gasteiger partial charge in [0.05, 0.1) is 13.7 Å². The van der Waals surface area contributed by atoms with Crippen LogP contribution in [0.5, 0.6) is 17.2 Å². The Morgan fingerprint density at radius 3 is 2.90 bits per heavy atom. The molecule has 1 N–H and O–H groups in total. The normalized spacial score (nSPS) is 13.2. The molecule has 0 saturated heterocycles. The molecule has 0 aliphatic carbocycles. The van der Waals surface area contributed by atoms with Gasteiger partial charge in [-0.2, -0.15) is 5.10 Å². The van der Waals surface area contributed by atoms with E-state index in [0.29, 0.717) is 37.8 Å². The Bertz CT molecular complexity index is 609. The molecule has 7 nitrogen and oxygen atoms in total. The van der Waals surface area contributed by atoms with Gasteiger partial charge in [0.1, 0.15) is 19.5 Å². The summed E-state index contributed by atoms with van der Waals surface area (Å²) in [5.74, 6) is 2.87. The number of benzene rings is 1. The molecule has 2 aromatic rings. The van der Waals surface area contributed by atoms with Gasteiger partial charge in [-0.05, 0) is 17.7 Å². The molecular formula is C14H18N4O3. The van der Waals surface area contributed by atoms with Crippen LogP contribution in [-0.4, -0.2) is 35.1 Å². The second-order valence-electron chi connectivity index (χ2n) is 4.76. The van der Waals surface area contributed by atoms with Crippen molar-refractivity contribution in [3.05, 3.63) is 29.8 Å². The molecule has 0 atom stereocenters. The van der Waals surface area contributed by atoms with Crippen molar-refractivity contribution in [1.82, 2.24) is 20.1 Å². The number of methoxy groups -OCH3 is 1. The van der Waals surface area contributed by atoms with Crippen LogP contribution in [0.2, 0.25) is 0 Å². The van der Waals surface area contributed by atoms with Crippen LogP contribution in [0, 0.1) is 0 Å². The minimum Gasteiger partial charge on any atom is -0.493 e. The Hall–Kier alpha value is -2.28. The summed E-state index contributed by atoms with van der Waals surface area (Å²) in [4.78, 5) is 4.17. The third-order valence-corrected chi connectivity index (χ3v) is 3.15. The quantitative estimate of drug-likeness (QED) is 0.881. The summed E-state index contributed by atoms with van der Waals surface area (Å²) in [5, 5.41) is 7.52. The average molecular weight is 290 g/mol. The average Bonchev–Trinajstić information content (AvgIpc) is 2.92. The molecule has 1 aliphatic rings. The first kappa shape index (κ1) is 13.7. The fraction of sp³-hybridized carbons (Fsp3) is 0.429. The van der Waals surface area contributed by atoms with Crippen LogP contribution in [0.3, 0.4) is 0 Å². The third kappa shape index (κ3) is 3.08. The largest absolute Gasteiger partial charge is 0.493 e. The molecule has 1 aromatic heterocycles. The highest BCUT2D eigenvalue weighted by Crippen LogP contribution is 2.40. The molecule has 3 rings (SSSR count). The fourth-order valence-electron chi connectivity index (χ4n) is 2.21. The summed E-state index contributed by atoms with van der Waals surface area (Å²) >= 11 is 0. The van der Waals surface area contributed by atoms with Crippen LogP contribution in [-0.2, 0) is 20.1 Å². The molecule has 0 unspecified atom stereocenters. The molecule has 2 heterocycles. The van der Waals surface area contributed by atoms with Crippen LogP contribution in [0.25, 0.3) is 0 Å². The SMILES string of the molecule is COc1cc(CNCc2ncn(C)n2)cc2c1OCCO2. The van der Waals surface area contributed by atoms with Gasteiger partial charge in [0, 0.05) is 13.6 Å². The summed E-state index contributed by atoms with van der Waals surface area (Å²) in [7, 11) is 3.48. The van der Waals surface area contributed by atoms with E-state index < -0.39 is 0 Å². The van der Waals surface area contributed by atoms with Gasteiger partial charge in [-0.25, -0.2) is 4.98 Å². The van der Waals surface area contributed by atoms with Crippen molar-refractivity contribution in [2.45, 2.75) is 13.1 Å². The first-order valence-electron chi connectivity index (χ1n) is 6.78. The summed E-state index contributed by atoms with van der Waals surface area (Å²) in [6.45, 7) is 2.39. The number of nitrogens with one attached hydrogen (secondary N) is 1. The van der Waals surface area contributed by atoms with Crippen LogP contribution in [0.1, 0.15) is 11.4 Å². The Morgan fingerprint density at radius 1 is 1.29 bits per heavy atom. The predicted octanol–water partition coefficient (Wildman–Crippen LogP) is 0.885. The maximum absolute atomic E-state index is 5.61. The van der Waals surface area contributed by atoms with Crippen molar-refractivity contribution in [2.24, 2.45) is 7.05 Å². The lowest BCUT2D eigenvalue weighted by Gasteiger charge is -2.21. The summed E-state index contributed by atoms with van der Waals surface area (Å²) in [6, 6.07) is 3.92. The summed E-state index contributed by atoms with van der Waals surface area (Å²) in [5.41, 5.74) is 1.06. The first-order chi connectivity index (χ1) is 10.3. The Labute approximate surface area is 122 Å². The number of hydrogen-bond donors (Lipinski definition) is 1. The molecular weight excluding hydrogens is 272 g/mol. The Balaban J connectivity index is 1.67. The molecule has 1 aromatic carbocycles. The maximum Gasteiger partial charge on any atom is 0.203 e. The number of rotatable bonds is 5. The minimum atomic E-state index is 0.548. The van der Waals surface area contributed by atoms with E-state index in [1.807, 2.05) is 19.2 Å². The second kappa shape index (κ2) is 6.01. The third-order valence-electron chi connectivity index (χ3n) is 3.15. The fourth-order valence-corrected chi connectivity index (χ4v) is 2.21. The van der Waals surface area contributed by atoms with Crippen LogP contribution in [0.4, 0.5) is 0 Å².